The van der Waals surface area contributed by atoms with Crippen LogP contribution in [0.5, 0.6) is 5.75 Å². The van der Waals surface area contributed by atoms with Crippen molar-refractivity contribution in [3.63, 3.8) is 0 Å². The second-order valence-corrected chi connectivity index (χ2v) is 6.50. The van der Waals surface area contributed by atoms with E-state index in [1.54, 1.807) is 7.11 Å². The van der Waals surface area contributed by atoms with Crippen LogP contribution in [-0.2, 0) is 0 Å². The molecule has 0 bridgehead atoms. The van der Waals surface area contributed by atoms with Gasteiger partial charge in [-0.3, -0.25) is 0 Å². The highest BCUT2D eigenvalue weighted by Crippen LogP contribution is 2.29. The van der Waals surface area contributed by atoms with E-state index in [0.29, 0.717) is 6.04 Å². The highest BCUT2D eigenvalue weighted by atomic mass is 79.9. The van der Waals surface area contributed by atoms with Gasteiger partial charge in [-0.1, -0.05) is 57.9 Å². The van der Waals surface area contributed by atoms with E-state index in [9.17, 15) is 0 Å². The molecule has 120 valence electrons. The summed E-state index contributed by atoms with van der Waals surface area (Å²) >= 11 is 3.57. The fraction of sp³-hybridized carbons (Fsp3) is 0.667. The van der Waals surface area contributed by atoms with Crippen LogP contribution >= 0.6 is 15.9 Å². The van der Waals surface area contributed by atoms with Crippen molar-refractivity contribution in [2.24, 2.45) is 0 Å². The molecule has 0 aliphatic carbocycles. The van der Waals surface area contributed by atoms with Crippen molar-refractivity contribution in [2.45, 2.75) is 64.3 Å². The molecule has 0 saturated heterocycles. The van der Waals surface area contributed by atoms with E-state index in [0.717, 1.165) is 10.2 Å². The second-order valence-electron chi connectivity index (χ2n) is 5.65. The zero-order valence-corrected chi connectivity index (χ0v) is 15.3. The molecule has 21 heavy (non-hydrogen) atoms. The molecule has 0 fully saturated rings. The third kappa shape index (κ3) is 6.84. The quantitative estimate of drug-likeness (QED) is 0.502. The van der Waals surface area contributed by atoms with Crippen LogP contribution in [0, 0.1) is 0 Å². The third-order valence-electron chi connectivity index (χ3n) is 4.02. The van der Waals surface area contributed by atoms with E-state index in [-0.39, 0.29) is 0 Å². The molecule has 2 nitrogen and oxygen atoms in total. The fourth-order valence-corrected chi connectivity index (χ4v) is 3.24. The normalized spacial score (nSPS) is 12.4. The number of rotatable bonds is 11. The van der Waals surface area contributed by atoms with E-state index >= 15 is 0 Å². The third-order valence-corrected chi connectivity index (χ3v) is 4.64. The molecule has 0 heterocycles. The minimum atomic E-state index is 0.433. The van der Waals surface area contributed by atoms with E-state index in [2.05, 4.69) is 40.3 Å². The number of methoxy groups -OCH3 is 1. The lowest BCUT2D eigenvalue weighted by Gasteiger charge is -2.17. The van der Waals surface area contributed by atoms with Gasteiger partial charge in [-0.05, 0) is 47.1 Å². The first-order valence-electron chi connectivity index (χ1n) is 8.23. The zero-order chi connectivity index (χ0) is 15.5. The Morgan fingerprint density at radius 3 is 2.33 bits per heavy atom. The Bertz CT molecular complexity index is 395. The molecular formula is C18H30BrNO. The van der Waals surface area contributed by atoms with Crippen LogP contribution in [0.15, 0.2) is 22.7 Å². The summed E-state index contributed by atoms with van der Waals surface area (Å²) in [6.07, 6.45) is 10.7. The molecule has 1 aromatic carbocycles. The van der Waals surface area contributed by atoms with Gasteiger partial charge in [0.1, 0.15) is 5.75 Å². The molecule has 1 unspecified atom stereocenters. The molecule has 1 atom stereocenters. The summed E-state index contributed by atoms with van der Waals surface area (Å²) in [6, 6.07) is 6.80. The Balaban J connectivity index is 2.36. The zero-order valence-electron chi connectivity index (χ0n) is 13.8. The highest BCUT2D eigenvalue weighted by Gasteiger charge is 2.11. The minimum Gasteiger partial charge on any atom is -0.496 e. The lowest BCUT2D eigenvalue weighted by Crippen LogP contribution is -2.16. The smallest absolute Gasteiger partial charge is 0.133 e. The predicted octanol–water partition coefficient (Wildman–Crippen LogP) is 5.86. The monoisotopic (exact) mass is 355 g/mol. The lowest BCUT2D eigenvalue weighted by molar-refractivity contribution is 0.411. The summed E-state index contributed by atoms with van der Waals surface area (Å²) in [5.74, 6) is 0.893. The second kappa shape index (κ2) is 11.1. The van der Waals surface area contributed by atoms with Crippen molar-refractivity contribution < 1.29 is 4.74 Å². The van der Waals surface area contributed by atoms with E-state index < -0.39 is 0 Å². The fourth-order valence-electron chi connectivity index (χ4n) is 2.68. The van der Waals surface area contributed by atoms with Crippen molar-refractivity contribution >= 4 is 15.9 Å². The number of hydrogen-bond acceptors (Lipinski definition) is 2. The Kier molecular flexibility index (Phi) is 9.77. The molecule has 0 aliphatic heterocycles. The van der Waals surface area contributed by atoms with Crippen molar-refractivity contribution in [3.8, 4) is 5.75 Å². The van der Waals surface area contributed by atoms with Crippen LogP contribution in [0.25, 0.3) is 0 Å². The van der Waals surface area contributed by atoms with Crippen LogP contribution in [-0.4, -0.2) is 14.2 Å². The Morgan fingerprint density at radius 2 is 1.76 bits per heavy atom. The topological polar surface area (TPSA) is 21.3 Å². The molecule has 1 aromatic rings. The first-order chi connectivity index (χ1) is 10.2. The summed E-state index contributed by atoms with van der Waals surface area (Å²) in [6.45, 7) is 2.27. The summed E-state index contributed by atoms with van der Waals surface area (Å²) in [7, 11) is 3.75. The van der Waals surface area contributed by atoms with Crippen LogP contribution in [0.4, 0.5) is 0 Å². The van der Waals surface area contributed by atoms with Crippen LogP contribution < -0.4 is 10.1 Å². The van der Waals surface area contributed by atoms with Gasteiger partial charge in [-0.2, -0.15) is 0 Å². The van der Waals surface area contributed by atoms with Crippen molar-refractivity contribution in [2.75, 3.05) is 14.2 Å². The SMILES string of the molecule is CCCCCCCCCC(NC)c1ccc(OC)c(Br)c1. The standard InChI is InChI=1S/C18H30BrNO/c1-4-5-6-7-8-9-10-11-17(20-2)15-12-13-18(21-3)16(19)14-15/h12-14,17,20H,4-11H2,1-3H3. The summed E-state index contributed by atoms with van der Waals surface area (Å²) in [5, 5.41) is 3.43. The Morgan fingerprint density at radius 1 is 1.10 bits per heavy atom. The molecule has 0 spiro atoms. The van der Waals surface area contributed by atoms with Gasteiger partial charge >= 0.3 is 0 Å². The van der Waals surface area contributed by atoms with Gasteiger partial charge in [-0.15, -0.1) is 0 Å². The van der Waals surface area contributed by atoms with E-state index in [1.807, 2.05) is 13.1 Å². The number of hydrogen-bond donors (Lipinski definition) is 1. The average molecular weight is 356 g/mol. The minimum absolute atomic E-state index is 0.433. The molecule has 0 aliphatic rings. The molecule has 3 heteroatoms. The lowest BCUT2D eigenvalue weighted by atomic mass is 9.99. The molecule has 0 amide bonds. The largest absolute Gasteiger partial charge is 0.496 e. The molecule has 0 saturated carbocycles. The van der Waals surface area contributed by atoms with Crippen LogP contribution in [0.2, 0.25) is 0 Å². The van der Waals surface area contributed by atoms with E-state index in [4.69, 9.17) is 4.74 Å². The van der Waals surface area contributed by atoms with Gasteiger partial charge in [0.25, 0.3) is 0 Å². The number of halogens is 1. The van der Waals surface area contributed by atoms with Crippen molar-refractivity contribution in [3.05, 3.63) is 28.2 Å². The van der Waals surface area contributed by atoms with Crippen molar-refractivity contribution in [1.29, 1.82) is 0 Å². The van der Waals surface area contributed by atoms with Gasteiger partial charge in [0.05, 0.1) is 11.6 Å². The van der Waals surface area contributed by atoms with Crippen LogP contribution in [0.1, 0.15) is 69.9 Å². The molecule has 0 aromatic heterocycles. The predicted molar refractivity (Wildman–Crippen MR) is 95.1 cm³/mol. The van der Waals surface area contributed by atoms with Gasteiger partial charge in [0.2, 0.25) is 0 Å². The van der Waals surface area contributed by atoms with Gasteiger partial charge < -0.3 is 10.1 Å². The first kappa shape index (κ1) is 18.5. The molecule has 1 N–H and O–H groups in total. The number of ether oxygens (including phenoxy) is 1. The highest BCUT2D eigenvalue weighted by molar-refractivity contribution is 9.10. The average Bonchev–Trinajstić information content (AvgIpc) is 2.50. The Hall–Kier alpha value is -0.540. The van der Waals surface area contributed by atoms with Gasteiger partial charge in [-0.25, -0.2) is 0 Å². The van der Waals surface area contributed by atoms with Crippen molar-refractivity contribution in [1.82, 2.24) is 5.32 Å². The molecule has 1 rings (SSSR count). The number of unbranched alkanes of at least 4 members (excludes halogenated alkanes) is 6. The maximum atomic E-state index is 5.29. The Labute approximate surface area is 138 Å². The summed E-state index contributed by atoms with van der Waals surface area (Å²) < 4.78 is 6.32. The number of benzene rings is 1. The number of nitrogens with one attached hydrogen (secondary N) is 1. The summed E-state index contributed by atoms with van der Waals surface area (Å²) in [5.41, 5.74) is 1.33. The van der Waals surface area contributed by atoms with Gasteiger partial charge in [0.15, 0.2) is 0 Å². The first-order valence-corrected chi connectivity index (χ1v) is 9.03. The summed E-state index contributed by atoms with van der Waals surface area (Å²) in [4.78, 5) is 0. The molecule has 0 radical (unpaired) electrons. The molecular weight excluding hydrogens is 326 g/mol. The van der Waals surface area contributed by atoms with Crippen LogP contribution in [0.3, 0.4) is 0 Å². The maximum absolute atomic E-state index is 5.29. The van der Waals surface area contributed by atoms with Gasteiger partial charge in [0, 0.05) is 6.04 Å². The maximum Gasteiger partial charge on any atom is 0.133 e. The van der Waals surface area contributed by atoms with E-state index in [1.165, 1.54) is 56.9 Å².